The van der Waals surface area contributed by atoms with Crippen LogP contribution >= 0.6 is 0 Å². The van der Waals surface area contributed by atoms with E-state index in [4.69, 9.17) is 10.2 Å². The van der Waals surface area contributed by atoms with E-state index in [1.54, 1.807) is 0 Å². The first kappa shape index (κ1) is 18.1. The van der Waals surface area contributed by atoms with Gasteiger partial charge in [0, 0.05) is 6.61 Å². The monoisotopic (exact) mass is 273 g/mol. The molecule has 0 aromatic heterocycles. The average Bonchev–Trinajstić information content (AvgIpc) is 2.39. The van der Waals surface area contributed by atoms with Gasteiger partial charge in [-0.1, -0.05) is 64.7 Å². The van der Waals surface area contributed by atoms with Crippen LogP contribution in [0.4, 0.5) is 0 Å². The van der Waals surface area contributed by atoms with Crippen LogP contribution in [0.15, 0.2) is 0 Å². The zero-order valence-corrected chi connectivity index (χ0v) is 14.0. The highest BCUT2D eigenvalue weighted by atomic mass is 28.2. The molecule has 0 saturated carbocycles. The van der Waals surface area contributed by atoms with E-state index in [1.807, 2.05) is 0 Å². The second-order valence-corrected chi connectivity index (χ2v) is 6.81. The fourth-order valence-corrected chi connectivity index (χ4v) is 3.25. The summed E-state index contributed by atoms with van der Waals surface area (Å²) in [4.78, 5) is 0. The summed E-state index contributed by atoms with van der Waals surface area (Å²) in [6.07, 6.45) is 15.2. The van der Waals surface area contributed by atoms with E-state index in [1.165, 1.54) is 70.3 Å². The summed E-state index contributed by atoms with van der Waals surface area (Å²) in [6, 6.07) is 1.26. The Morgan fingerprint density at radius 2 is 1.33 bits per heavy atom. The predicted octanol–water partition coefficient (Wildman–Crippen LogP) is 3.77. The Balaban J connectivity index is 2.86. The second kappa shape index (κ2) is 17.1. The van der Waals surface area contributed by atoms with Gasteiger partial charge in [0.2, 0.25) is 0 Å². The molecule has 3 heteroatoms. The fourth-order valence-electron chi connectivity index (χ4n) is 2.14. The molecule has 0 heterocycles. The van der Waals surface area contributed by atoms with Crippen LogP contribution in [0.2, 0.25) is 6.04 Å². The van der Waals surface area contributed by atoms with Crippen molar-refractivity contribution in [2.75, 3.05) is 13.2 Å². The SMILES string of the molecule is CCCCCCCCCCCCO[SiH2]CCCN. The van der Waals surface area contributed by atoms with E-state index in [0.717, 1.165) is 19.6 Å². The third-order valence-electron chi connectivity index (χ3n) is 3.39. The Bertz CT molecular complexity index is 128. The van der Waals surface area contributed by atoms with Crippen molar-refractivity contribution in [1.29, 1.82) is 0 Å². The second-order valence-electron chi connectivity index (χ2n) is 5.29. The van der Waals surface area contributed by atoms with Gasteiger partial charge in [-0.3, -0.25) is 0 Å². The highest BCUT2D eigenvalue weighted by Gasteiger charge is 1.93. The standard InChI is InChI=1S/C15H35NOSi/c1-2-3-4-5-6-7-8-9-10-11-14-17-18-15-12-13-16/h2-16,18H2,1H3. The molecule has 0 spiro atoms. The van der Waals surface area contributed by atoms with Gasteiger partial charge in [-0.25, -0.2) is 0 Å². The lowest BCUT2D eigenvalue weighted by molar-refractivity contribution is 0.319. The zero-order chi connectivity index (χ0) is 13.3. The minimum Gasteiger partial charge on any atom is -0.424 e. The van der Waals surface area contributed by atoms with Crippen molar-refractivity contribution in [3.63, 3.8) is 0 Å². The molecule has 110 valence electrons. The van der Waals surface area contributed by atoms with E-state index >= 15 is 0 Å². The lowest BCUT2D eigenvalue weighted by Gasteiger charge is -2.04. The van der Waals surface area contributed by atoms with Crippen molar-refractivity contribution < 1.29 is 4.43 Å². The van der Waals surface area contributed by atoms with Crippen LogP contribution in [0.25, 0.3) is 0 Å². The predicted molar refractivity (Wildman–Crippen MR) is 84.8 cm³/mol. The largest absolute Gasteiger partial charge is 0.424 e. The molecular formula is C15H35NOSi. The molecule has 0 aliphatic rings. The fraction of sp³-hybridized carbons (Fsp3) is 1.00. The summed E-state index contributed by atoms with van der Waals surface area (Å²) in [5.74, 6) is 0. The quantitative estimate of drug-likeness (QED) is 0.364. The molecule has 0 amide bonds. The summed E-state index contributed by atoms with van der Waals surface area (Å²) in [5, 5.41) is 0. The molecule has 0 bridgehead atoms. The van der Waals surface area contributed by atoms with Gasteiger partial charge in [0.05, 0.1) is 0 Å². The number of rotatable bonds is 15. The Morgan fingerprint density at radius 1 is 0.778 bits per heavy atom. The molecule has 0 aliphatic heterocycles. The molecular weight excluding hydrogens is 238 g/mol. The first-order valence-corrected chi connectivity index (χ1v) is 9.77. The van der Waals surface area contributed by atoms with Crippen LogP contribution in [0.3, 0.4) is 0 Å². The van der Waals surface area contributed by atoms with Crippen molar-refractivity contribution in [2.24, 2.45) is 5.73 Å². The van der Waals surface area contributed by atoms with Crippen molar-refractivity contribution >= 4 is 9.76 Å². The normalized spacial score (nSPS) is 11.7. The molecule has 0 unspecified atom stereocenters. The van der Waals surface area contributed by atoms with Crippen LogP contribution in [-0.4, -0.2) is 22.9 Å². The van der Waals surface area contributed by atoms with Gasteiger partial charge < -0.3 is 10.2 Å². The molecule has 0 aromatic rings. The summed E-state index contributed by atoms with van der Waals surface area (Å²) in [6.45, 7) is 4.11. The maximum atomic E-state index is 5.69. The molecule has 2 nitrogen and oxygen atoms in total. The minimum atomic E-state index is -0.236. The molecule has 0 fully saturated rings. The lowest BCUT2D eigenvalue weighted by atomic mass is 10.1. The maximum Gasteiger partial charge on any atom is 0.161 e. The van der Waals surface area contributed by atoms with E-state index in [9.17, 15) is 0 Å². The van der Waals surface area contributed by atoms with Gasteiger partial charge in [-0.2, -0.15) is 0 Å². The molecule has 0 rings (SSSR count). The third kappa shape index (κ3) is 16.1. The highest BCUT2D eigenvalue weighted by molar-refractivity contribution is 6.26. The molecule has 18 heavy (non-hydrogen) atoms. The molecule has 2 N–H and O–H groups in total. The van der Waals surface area contributed by atoms with E-state index < -0.39 is 0 Å². The van der Waals surface area contributed by atoms with Gasteiger partial charge in [-0.05, 0) is 25.4 Å². The average molecular weight is 274 g/mol. The Morgan fingerprint density at radius 3 is 1.89 bits per heavy atom. The summed E-state index contributed by atoms with van der Waals surface area (Å²) in [7, 11) is -0.236. The first-order chi connectivity index (χ1) is 8.91. The molecule has 0 aliphatic carbocycles. The van der Waals surface area contributed by atoms with Crippen LogP contribution in [0.1, 0.15) is 77.6 Å². The third-order valence-corrected chi connectivity index (χ3v) is 4.75. The van der Waals surface area contributed by atoms with Crippen molar-refractivity contribution in [3.05, 3.63) is 0 Å². The minimum absolute atomic E-state index is 0.236. The smallest absolute Gasteiger partial charge is 0.161 e. The van der Waals surface area contributed by atoms with Crippen LogP contribution < -0.4 is 5.73 Å². The first-order valence-electron chi connectivity index (χ1n) is 8.19. The van der Waals surface area contributed by atoms with Crippen molar-refractivity contribution in [1.82, 2.24) is 0 Å². The number of nitrogens with two attached hydrogens (primary N) is 1. The zero-order valence-electron chi connectivity index (χ0n) is 12.6. The highest BCUT2D eigenvalue weighted by Crippen LogP contribution is 2.10. The molecule has 0 saturated heterocycles. The Hall–Kier alpha value is 0.137. The molecule has 0 atom stereocenters. The van der Waals surface area contributed by atoms with Crippen LogP contribution in [-0.2, 0) is 4.43 Å². The number of unbranched alkanes of at least 4 members (excludes halogenated alkanes) is 9. The van der Waals surface area contributed by atoms with Gasteiger partial charge >= 0.3 is 0 Å². The van der Waals surface area contributed by atoms with Crippen LogP contribution in [0.5, 0.6) is 0 Å². The van der Waals surface area contributed by atoms with Crippen molar-refractivity contribution in [3.8, 4) is 0 Å². The lowest BCUT2D eigenvalue weighted by Crippen LogP contribution is -2.04. The number of hydrogen-bond donors (Lipinski definition) is 1. The summed E-state index contributed by atoms with van der Waals surface area (Å²) in [5.41, 5.74) is 5.44. The van der Waals surface area contributed by atoms with Crippen molar-refractivity contribution in [2.45, 2.75) is 83.6 Å². The van der Waals surface area contributed by atoms with Crippen LogP contribution in [0, 0.1) is 0 Å². The Labute approximate surface area is 117 Å². The van der Waals surface area contributed by atoms with E-state index in [2.05, 4.69) is 6.92 Å². The van der Waals surface area contributed by atoms with Gasteiger partial charge in [0.25, 0.3) is 0 Å². The van der Waals surface area contributed by atoms with Gasteiger partial charge in [0.15, 0.2) is 9.76 Å². The summed E-state index contributed by atoms with van der Waals surface area (Å²) < 4.78 is 5.69. The van der Waals surface area contributed by atoms with Gasteiger partial charge in [0.1, 0.15) is 0 Å². The summed E-state index contributed by atoms with van der Waals surface area (Å²) >= 11 is 0. The Kier molecular flexibility index (Phi) is 17.3. The van der Waals surface area contributed by atoms with E-state index in [0.29, 0.717) is 0 Å². The maximum absolute atomic E-state index is 5.69. The van der Waals surface area contributed by atoms with Gasteiger partial charge in [-0.15, -0.1) is 0 Å². The molecule has 0 aromatic carbocycles. The topological polar surface area (TPSA) is 35.2 Å². The van der Waals surface area contributed by atoms with E-state index in [-0.39, 0.29) is 9.76 Å². The number of hydrogen-bond acceptors (Lipinski definition) is 2. The molecule has 0 radical (unpaired) electrons.